The van der Waals surface area contributed by atoms with Gasteiger partial charge >= 0.3 is 0 Å². The van der Waals surface area contributed by atoms with Gasteiger partial charge in [0.05, 0.1) is 17.5 Å². The zero-order valence-corrected chi connectivity index (χ0v) is 18.8. The van der Waals surface area contributed by atoms with Gasteiger partial charge in [0, 0.05) is 31.4 Å². The number of carbonyl (C=O) groups is 3. The number of amides is 2. The molecule has 0 saturated heterocycles. The van der Waals surface area contributed by atoms with E-state index in [0.717, 1.165) is 0 Å². The fourth-order valence-electron chi connectivity index (χ4n) is 4.46. The van der Waals surface area contributed by atoms with Gasteiger partial charge in [-0.15, -0.1) is 0 Å². The highest BCUT2D eigenvalue weighted by atomic mass is 19.2. The van der Waals surface area contributed by atoms with E-state index in [1.807, 2.05) is 0 Å². The molecule has 0 atom stereocenters. The van der Waals surface area contributed by atoms with Crippen molar-refractivity contribution in [2.75, 3.05) is 12.4 Å². The summed E-state index contributed by atoms with van der Waals surface area (Å²) in [6, 6.07) is 0.891. The maximum atomic E-state index is 14.1. The molecule has 8 nitrogen and oxygen atoms in total. The van der Waals surface area contributed by atoms with Crippen LogP contribution in [0.1, 0.15) is 51.4 Å². The number of nitrogens with zero attached hydrogens (tertiary/aromatic N) is 1. The molecule has 1 aromatic carbocycles. The van der Waals surface area contributed by atoms with Gasteiger partial charge < -0.3 is 26.3 Å². The number of hydrogen-bond donors (Lipinski definition) is 4. The zero-order chi connectivity index (χ0) is 24.8. The van der Waals surface area contributed by atoms with Crippen molar-refractivity contribution >= 4 is 23.3 Å². The zero-order valence-electron chi connectivity index (χ0n) is 18.8. The van der Waals surface area contributed by atoms with Crippen LogP contribution in [0.4, 0.5) is 18.9 Å². The van der Waals surface area contributed by atoms with Gasteiger partial charge in [-0.2, -0.15) is 0 Å². The monoisotopic (exact) mass is 476 g/mol. The lowest BCUT2D eigenvalue weighted by Gasteiger charge is -2.15. The predicted octanol–water partition coefficient (Wildman–Crippen LogP) is 1.55. The van der Waals surface area contributed by atoms with Crippen LogP contribution in [0, 0.1) is 24.4 Å². The van der Waals surface area contributed by atoms with Gasteiger partial charge in [0.25, 0.3) is 17.6 Å². The molecular weight excluding hydrogens is 451 g/mol. The standard InChI is InChI=1S/C23H24F3N5O3/c1-11-18(20(32)22(34)30-23(5-6-23)17(27)10-28-2)16-4-3-7-31(16)19(11)21(33)29-15-9-13(25)12(24)8-14(15)26/h8-10,28H,3-7,27H2,1-2H3,(H,29,33)(H,30,34)/p+1. The Balaban J connectivity index is 1.63. The van der Waals surface area contributed by atoms with Crippen molar-refractivity contribution in [3.63, 3.8) is 0 Å². The Morgan fingerprint density at radius 2 is 1.79 bits per heavy atom. The fraction of sp³-hybridized carbons (Fsp3) is 0.348. The van der Waals surface area contributed by atoms with E-state index >= 15 is 0 Å². The molecule has 1 aliphatic heterocycles. The number of nitrogens with one attached hydrogen (secondary N) is 3. The summed E-state index contributed by atoms with van der Waals surface area (Å²) in [6.45, 7) is 1.95. The minimum Gasteiger partial charge on any atom is -0.389 e. The second kappa shape index (κ2) is 8.64. The first kappa shape index (κ1) is 23.6. The first-order valence-electron chi connectivity index (χ1n) is 10.8. The molecule has 0 radical (unpaired) electrons. The lowest BCUT2D eigenvalue weighted by Crippen LogP contribution is -2.60. The van der Waals surface area contributed by atoms with E-state index in [0.29, 0.717) is 55.8 Å². The van der Waals surface area contributed by atoms with Crippen LogP contribution in [0.25, 0.3) is 0 Å². The molecule has 2 aromatic rings. The maximum Gasteiger partial charge on any atom is 0.293 e. The molecule has 1 aliphatic carbocycles. The second-order valence-corrected chi connectivity index (χ2v) is 8.57. The van der Waals surface area contributed by atoms with Crippen molar-refractivity contribution in [3.8, 4) is 0 Å². The summed E-state index contributed by atoms with van der Waals surface area (Å²) >= 11 is 0. The highest BCUT2D eigenvalue weighted by Gasteiger charge is 2.50. The SMILES string of the molecule is CNC=C([NH3+])C1(NC(=O)C(=O)c2c(C)c(C(=O)Nc3cc(F)c(F)cc3F)n3c2CCC3)CC1. The molecule has 6 N–H and O–H groups in total. The molecule has 1 fully saturated rings. The third-order valence-corrected chi connectivity index (χ3v) is 6.35. The predicted molar refractivity (Wildman–Crippen MR) is 116 cm³/mol. The molecule has 0 spiro atoms. The third kappa shape index (κ3) is 3.96. The first-order chi connectivity index (χ1) is 16.1. The Labute approximate surface area is 193 Å². The van der Waals surface area contributed by atoms with Crippen LogP contribution in [-0.4, -0.2) is 34.8 Å². The Hall–Kier alpha value is -3.60. The molecule has 2 heterocycles. The largest absolute Gasteiger partial charge is 0.389 e. The molecule has 1 saturated carbocycles. The van der Waals surface area contributed by atoms with E-state index in [4.69, 9.17) is 0 Å². The normalized spacial score (nSPS) is 16.1. The third-order valence-electron chi connectivity index (χ3n) is 6.35. The van der Waals surface area contributed by atoms with Crippen LogP contribution < -0.4 is 21.7 Å². The number of hydrogen-bond acceptors (Lipinski definition) is 4. The van der Waals surface area contributed by atoms with E-state index in [-0.39, 0.29) is 16.8 Å². The van der Waals surface area contributed by atoms with Gasteiger partial charge in [-0.3, -0.25) is 14.4 Å². The average molecular weight is 476 g/mol. The van der Waals surface area contributed by atoms with Crippen LogP contribution in [0.2, 0.25) is 0 Å². The van der Waals surface area contributed by atoms with E-state index in [2.05, 4.69) is 21.7 Å². The Morgan fingerprint density at radius 1 is 1.12 bits per heavy atom. The summed E-state index contributed by atoms with van der Waals surface area (Å²) in [5.41, 5.74) is 4.41. The number of ketones is 1. The van der Waals surface area contributed by atoms with Crippen molar-refractivity contribution in [1.82, 2.24) is 15.2 Å². The van der Waals surface area contributed by atoms with Gasteiger partial charge in [-0.1, -0.05) is 0 Å². The summed E-state index contributed by atoms with van der Waals surface area (Å²) in [5, 5.41) is 7.88. The summed E-state index contributed by atoms with van der Waals surface area (Å²) < 4.78 is 42.5. The van der Waals surface area contributed by atoms with Gasteiger partial charge in [0.1, 0.15) is 22.7 Å². The Morgan fingerprint density at radius 3 is 2.44 bits per heavy atom. The molecule has 0 bridgehead atoms. The summed E-state index contributed by atoms with van der Waals surface area (Å²) in [5.74, 6) is -6.19. The number of fused-ring (bicyclic) bond motifs is 1. The van der Waals surface area contributed by atoms with Gasteiger partial charge in [-0.05, 0) is 38.2 Å². The van der Waals surface area contributed by atoms with Crippen LogP contribution in [0.3, 0.4) is 0 Å². The molecule has 11 heteroatoms. The van der Waals surface area contributed by atoms with Crippen molar-refractivity contribution < 1.29 is 33.3 Å². The first-order valence-corrected chi connectivity index (χ1v) is 10.8. The minimum absolute atomic E-state index is 0.0712. The number of anilines is 1. The van der Waals surface area contributed by atoms with Crippen molar-refractivity contribution in [2.24, 2.45) is 0 Å². The summed E-state index contributed by atoms with van der Waals surface area (Å²) in [4.78, 5) is 39.0. The number of benzene rings is 1. The molecule has 1 aromatic heterocycles. The number of aromatic nitrogens is 1. The highest BCUT2D eigenvalue weighted by Crippen LogP contribution is 2.39. The number of halogens is 3. The van der Waals surface area contributed by atoms with Gasteiger partial charge in [-0.25, -0.2) is 13.2 Å². The van der Waals surface area contributed by atoms with Crippen LogP contribution in [-0.2, 0) is 17.8 Å². The van der Waals surface area contributed by atoms with E-state index in [1.165, 1.54) is 6.92 Å². The maximum absolute atomic E-state index is 14.1. The molecule has 34 heavy (non-hydrogen) atoms. The Bertz CT molecular complexity index is 1250. The quantitative estimate of drug-likeness (QED) is 0.275. The molecule has 0 unspecified atom stereocenters. The molecule has 2 aliphatic rings. The van der Waals surface area contributed by atoms with Crippen molar-refractivity contribution in [1.29, 1.82) is 0 Å². The second-order valence-electron chi connectivity index (χ2n) is 8.57. The molecule has 180 valence electrons. The van der Waals surface area contributed by atoms with Crippen molar-refractivity contribution in [3.05, 3.63) is 64.0 Å². The summed E-state index contributed by atoms with van der Waals surface area (Å²) in [6.07, 6.45) is 4.11. The average Bonchev–Trinajstić information content (AvgIpc) is 3.32. The molecule has 2 amide bonds. The van der Waals surface area contributed by atoms with Crippen molar-refractivity contribution in [2.45, 2.75) is 44.7 Å². The minimum atomic E-state index is -1.38. The number of Topliss-reactive ketones (excluding diaryl/α,β-unsaturated/α-hetero) is 1. The molecular formula is C23H25F3N5O3+. The van der Waals surface area contributed by atoms with E-state index in [9.17, 15) is 27.6 Å². The van der Waals surface area contributed by atoms with Crippen LogP contribution in [0.15, 0.2) is 24.0 Å². The highest BCUT2D eigenvalue weighted by molar-refractivity contribution is 6.44. The topological polar surface area (TPSA) is 120 Å². The van der Waals surface area contributed by atoms with Gasteiger partial charge in [0.2, 0.25) is 0 Å². The molecule has 4 rings (SSSR count). The lowest BCUT2D eigenvalue weighted by molar-refractivity contribution is -0.313. The Kier molecular flexibility index (Phi) is 5.98. The number of carbonyl (C=O) groups excluding carboxylic acids is 3. The van der Waals surface area contributed by atoms with E-state index < -0.39 is 46.3 Å². The number of rotatable bonds is 7. The smallest absolute Gasteiger partial charge is 0.293 e. The van der Waals surface area contributed by atoms with Crippen LogP contribution in [0.5, 0.6) is 0 Å². The summed E-state index contributed by atoms with van der Waals surface area (Å²) in [7, 11) is 1.71. The van der Waals surface area contributed by atoms with E-state index in [1.54, 1.807) is 17.8 Å². The lowest BCUT2D eigenvalue weighted by atomic mass is 10.0. The van der Waals surface area contributed by atoms with Gasteiger partial charge in [0.15, 0.2) is 11.6 Å². The fourth-order valence-corrected chi connectivity index (χ4v) is 4.46. The number of quaternary nitrogens is 1. The van der Waals surface area contributed by atoms with Crippen LogP contribution >= 0.6 is 0 Å².